The molecule has 1 atom stereocenters. The maximum Gasteiger partial charge on any atom is 0.418 e. The van der Waals surface area contributed by atoms with Gasteiger partial charge in [-0.3, -0.25) is 0 Å². The fourth-order valence-electron chi connectivity index (χ4n) is 3.83. The number of alkyl halides is 3. The monoisotopic (exact) mass is 336 g/mol. The number of piperidine rings is 1. The van der Waals surface area contributed by atoms with Crippen LogP contribution >= 0.6 is 0 Å². The second-order valence-electron chi connectivity index (χ2n) is 7.03. The highest BCUT2D eigenvalue weighted by Gasteiger charge is 2.39. The number of anilines is 2. The largest absolute Gasteiger partial charge is 0.418 e. The molecule has 0 bridgehead atoms. The number of nitrogens with zero attached hydrogens (tertiary/aromatic N) is 2. The fourth-order valence-corrected chi connectivity index (χ4v) is 3.83. The van der Waals surface area contributed by atoms with Gasteiger partial charge in [-0.15, -0.1) is 0 Å². The molecule has 6 heteroatoms. The molecule has 2 fully saturated rings. The van der Waals surface area contributed by atoms with E-state index < -0.39 is 11.7 Å². The van der Waals surface area contributed by atoms with Crippen molar-refractivity contribution in [1.29, 1.82) is 0 Å². The summed E-state index contributed by atoms with van der Waals surface area (Å²) >= 11 is 0. The van der Waals surface area contributed by atoms with Crippen molar-refractivity contribution in [3.05, 3.63) is 30.8 Å². The first-order valence-electron chi connectivity index (χ1n) is 8.44. The molecule has 2 aromatic rings. The lowest BCUT2D eigenvalue weighted by Crippen LogP contribution is -2.35. The summed E-state index contributed by atoms with van der Waals surface area (Å²) in [6.45, 7) is 5.46. The SMILES string of the molecule is [CH2][C@@H]1CCCN(c2c(N)ccc3c2c(C(F)(F)F)cn3C2CC2)C1. The topological polar surface area (TPSA) is 34.2 Å². The summed E-state index contributed by atoms with van der Waals surface area (Å²) in [5, 5.41) is 0.253. The number of halogens is 3. The number of nitrogen functional groups attached to an aromatic ring is 1. The highest BCUT2D eigenvalue weighted by atomic mass is 19.4. The van der Waals surface area contributed by atoms with Gasteiger partial charge in [-0.05, 0) is 50.7 Å². The molecule has 1 saturated heterocycles. The Morgan fingerprint density at radius 3 is 2.54 bits per heavy atom. The number of fused-ring (bicyclic) bond motifs is 1. The van der Waals surface area contributed by atoms with Gasteiger partial charge in [0.1, 0.15) is 0 Å². The lowest BCUT2D eigenvalue weighted by Gasteiger charge is -2.34. The van der Waals surface area contributed by atoms with Gasteiger partial charge in [0, 0.05) is 30.7 Å². The Labute approximate surface area is 139 Å². The zero-order valence-electron chi connectivity index (χ0n) is 13.4. The maximum atomic E-state index is 13.7. The minimum absolute atomic E-state index is 0.182. The molecule has 1 aromatic heterocycles. The van der Waals surface area contributed by atoms with Gasteiger partial charge in [0.2, 0.25) is 0 Å². The first kappa shape index (κ1) is 15.7. The molecule has 0 unspecified atom stereocenters. The average Bonchev–Trinajstić information content (AvgIpc) is 3.26. The number of aromatic nitrogens is 1. The molecular weight excluding hydrogens is 315 g/mol. The van der Waals surface area contributed by atoms with Crippen molar-refractivity contribution >= 4 is 22.3 Å². The molecule has 0 amide bonds. The quantitative estimate of drug-likeness (QED) is 0.812. The van der Waals surface area contributed by atoms with E-state index in [1.807, 2.05) is 4.90 Å². The van der Waals surface area contributed by atoms with Gasteiger partial charge >= 0.3 is 6.18 Å². The molecule has 1 aliphatic carbocycles. The number of hydrogen-bond donors (Lipinski definition) is 1. The van der Waals surface area contributed by atoms with Crippen molar-refractivity contribution < 1.29 is 13.2 Å². The van der Waals surface area contributed by atoms with E-state index in [9.17, 15) is 13.2 Å². The van der Waals surface area contributed by atoms with Crippen LogP contribution in [0.4, 0.5) is 24.5 Å². The summed E-state index contributed by atoms with van der Waals surface area (Å²) in [6, 6.07) is 3.65. The Morgan fingerprint density at radius 1 is 1.17 bits per heavy atom. The van der Waals surface area contributed by atoms with E-state index in [0.717, 1.165) is 32.2 Å². The minimum atomic E-state index is -4.39. The molecule has 1 saturated carbocycles. The molecule has 0 spiro atoms. The van der Waals surface area contributed by atoms with E-state index in [0.29, 0.717) is 23.4 Å². The predicted molar refractivity (Wildman–Crippen MR) is 89.9 cm³/mol. The molecular formula is C18H21F3N3. The summed E-state index contributed by atoms with van der Waals surface area (Å²) in [5.41, 5.74) is 7.15. The Kier molecular flexibility index (Phi) is 3.48. The second kappa shape index (κ2) is 5.33. The maximum absolute atomic E-state index is 13.7. The van der Waals surface area contributed by atoms with Gasteiger partial charge in [0.05, 0.1) is 22.5 Å². The van der Waals surface area contributed by atoms with E-state index in [2.05, 4.69) is 6.92 Å². The van der Waals surface area contributed by atoms with Gasteiger partial charge in [0.15, 0.2) is 0 Å². The zero-order chi connectivity index (χ0) is 17.1. The number of nitrogens with two attached hydrogens (primary N) is 1. The van der Waals surface area contributed by atoms with Crippen LogP contribution in [0.5, 0.6) is 0 Å². The molecule has 24 heavy (non-hydrogen) atoms. The van der Waals surface area contributed by atoms with E-state index in [1.54, 1.807) is 16.7 Å². The number of benzene rings is 1. The smallest absolute Gasteiger partial charge is 0.397 e. The van der Waals surface area contributed by atoms with Crippen molar-refractivity contribution in [1.82, 2.24) is 4.57 Å². The first-order chi connectivity index (χ1) is 11.4. The normalized spacial score (nSPS) is 22.3. The van der Waals surface area contributed by atoms with Crippen molar-refractivity contribution in [2.24, 2.45) is 5.92 Å². The van der Waals surface area contributed by atoms with E-state index in [4.69, 9.17) is 5.73 Å². The molecule has 1 aromatic carbocycles. The summed E-state index contributed by atoms with van der Waals surface area (Å²) < 4.78 is 42.8. The van der Waals surface area contributed by atoms with E-state index >= 15 is 0 Å². The highest BCUT2D eigenvalue weighted by Crippen LogP contribution is 2.47. The van der Waals surface area contributed by atoms with Crippen LogP contribution in [0.2, 0.25) is 0 Å². The van der Waals surface area contributed by atoms with Gasteiger partial charge in [-0.25, -0.2) is 0 Å². The Hall–Kier alpha value is -1.85. The van der Waals surface area contributed by atoms with Gasteiger partial charge in [-0.1, -0.05) is 0 Å². The van der Waals surface area contributed by atoms with Crippen LogP contribution in [0.15, 0.2) is 18.3 Å². The van der Waals surface area contributed by atoms with Gasteiger partial charge in [-0.2, -0.15) is 13.2 Å². The third-order valence-corrected chi connectivity index (χ3v) is 5.08. The number of hydrogen-bond acceptors (Lipinski definition) is 2. The van der Waals surface area contributed by atoms with E-state index in [1.165, 1.54) is 6.20 Å². The van der Waals surface area contributed by atoms with E-state index in [-0.39, 0.29) is 17.3 Å². The van der Waals surface area contributed by atoms with Crippen molar-refractivity contribution in [3.8, 4) is 0 Å². The Balaban J connectivity index is 1.96. The van der Waals surface area contributed by atoms with Gasteiger partial charge in [0.25, 0.3) is 0 Å². The average molecular weight is 336 g/mol. The summed E-state index contributed by atoms with van der Waals surface area (Å²) in [7, 11) is 0. The molecule has 3 nitrogen and oxygen atoms in total. The lowest BCUT2D eigenvalue weighted by atomic mass is 9.98. The summed E-state index contributed by atoms with van der Waals surface area (Å²) in [4.78, 5) is 1.99. The fraction of sp³-hybridized carbons (Fsp3) is 0.500. The van der Waals surface area contributed by atoms with Crippen molar-refractivity contribution in [2.75, 3.05) is 23.7 Å². The van der Waals surface area contributed by atoms with Crippen LogP contribution in [-0.2, 0) is 6.18 Å². The highest BCUT2D eigenvalue weighted by molar-refractivity contribution is 6.02. The molecule has 4 rings (SSSR count). The third kappa shape index (κ3) is 2.52. The standard InChI is InChI=1S/C18H21F3N3/c1-11-3-2-8-23(9-11)17-14(22)6-7-15-16(17)13(18(19,20)21)10-24(15)12-4-5-12/h6-7,10-12H,1-5,8-9,22H2/t11-/m1/s1. The van der Waals surface area contributed by atoms with Crippen molar-refractivity contribution in [2.45, 2.75) is 37.9 Å². The number of rotatable bonds is 2. The third-order valence-electron chi connectivity index (χ3n) is 5.08. The minimum Gasteiger partial charge on any atom is -0.397 e. The van der Waals surface area contributed by atoms with Crippen LogP contribution in [0.25, 0.3) is 10.9 Å². The lowest BCUT2D eigenvalue weighted by molar-refractivity contribution is -0.136. The zero-order valence-corrected chi connectivity index (χ0v) is 13.4. The summed E-state index contributed by atoms with van der Waals surface area (Å²) in [6.07, 6.45) is 0.685. The first-order valence-corrected chi connectivity index (χ1v) is 8.44. The molecule has 129 valence electrons. The molecule has 1 radical (unpaired) electrons. The summed E-state index contributed by atoms with van der Waals surface area (Å²) in [5.74, 6) is 0.216. The second-order valence-corrected chi connectivity index (χ2v) is 7.03. The van der Waals surface area contributed by atoms with Crippen LogP contribution in [0.3, 0.4) is 0 Å². The van der Waals surface area contributed by atoms with Gasteiger partial charge < -0.3 is 15.2 Å². The van der Waals surface area contributed by atoms with Crippen LogP contribution in [-0.4, -0.2) is 17.7 Å². The molecule has 2 heterocycles. The molecule has 2 N–H and O–H groups in total. The van der Waals surface area contributed by atoms with Crippen LogP contribution < -0.4 is 10.6 Å². The van der Waals surface area contributed by atoms with Crippen LogP contribution in [0, 0.1) is 12.8 Å². The van der Waals surface area contributed by atoms with Crippen molar-refractivity contribution in [3.63, 3.8) is 0 Å². The predicted octanol–water partition coefficient (Wildman–Crippen LogP) is 4.63. The Bertz CT molecular complexity index is 774. The molecule has 2 aliphatic rings. The molecule has 1 aliphatic heterocycles. The Morgan fingerprint density at radius 2 is 1.92 bits per heavy atom. The van der Waals surface area contributed by atoms with Crippen LogP contribution in [0.1, 0.15) is 37.3 Å².